The third kappa shape index (κ3) is 5.11. The van der Waals surface area contributed by atoms with Crippen LogP contribution < -0.4 is 9.47 Å². The van der Waals surface area contributed by atoms with Crippen LogP contribution in [0.3, 0.4) is 0 Å². The van der Waals surface area contributed by atoms with Gasteiger partial charge in [-0.1, -0.05) is 13.8 Å². The van der Waals surface area contributed by atoms with Crippen LogP contribution >= 0.6 is 0 Å². The highest BCUT2D eigenvalue weighted by molar-refractivity contribution is 5.69. The molecule has 0 radical (unpaired) electrons. The Labute approximate surface area is 121 Å². The maximum Gasteiger partial charge on any atom is 0.306 e. The Balaban J connectivity index is 2.58. The third-order valence-corrected chi connectivity index (χ3v) is 3.18. The van der Waals surface area contributed by atoms with Gasteiger partial charge in [-0.05, 0) is 37.6 Å². The van der Waals surface area contributed by atoms with E-state index in [2.05, 4.69) is 6.92 Å². The molecule has 2 unspecified atom stereocenters. The van der Waals surface area contributed by atoms with E-state index in [0.717, 1.165) is 17.9 Å². The second-order valence-corrected chi connectivity index (χ2v) is 4.73. The quantitative estimate of drug-likeness (QED) is 0.684. The number of hydrogen-bond acceptors (Lipinski definition) is 4. The maximum atomic E-state index is 11.5. The molecular weight excluding hydrogens is 256 g/mol. The van der Waals surface area contributed by atoms with Crippen molar-refractivity contribution in [2.75, 3.05) is 13.7 Å². The fourth-order valence-corrected chi connectivity index (χ4v) is 2.05. The average molecular weight is 280 g/mol. The maximum absolute atomic E-state index is 11.5. The minimum Gasteiger partial charge on any atom is -0.497 e. The van der Waals surface area contributed by atoms with Crippen LogP contribution in [0.4, 0.5) is 0 Å². The SMILES string of the molecule is CCOC(=O)CC(C)C(CC)Oc1ccc(OC)cc1. The standard InChI is InChI=1S/C16H24O4/c1-5-15(12(3)11-16(17)19-6-2)20-14-9-7-13(18-4)8-10-14/h7-10,12,15H,5-6,11H2,1-4H3. The van der Waals surface area contributed by atoms with E-state index in [-0.39, 0.29) is 18.0 Å². The van der Waals surface area contributed by atoms with Crippen molar-refractivity contribution >= 4 is 5.97 Å². The molecule has 4 heteroatoms. The summed E-state index contributed by atoms with van der Waals surface area (Å²) in [6.45, 7) is 6.29. The van der Waals surface area contributed by atoms with Crippen LogP contribution in [0.15, 0.2) is 24.3 Å². The summed E-state index contributed by atoms with van der Waals surface area (Å²) in [5, 5.41) is 0. The molecular formula is C16H24O4. The van der Waals surface area contributed by atoms with E-state index >= 15 is 0 Å². The van der Waals surface area contributed by atoms with E-state index in [1.165, 1.54) is 0 Å². The summed E-state index contributed by atoms with van der Waals surface area (Å²) in [6.07, 6.45) is 1.21. The van der Waals surface area contributed by atoms with Gasteiger partial charge in [0.15, 0.2) is 0 Å². The molecule has 20 heavy (non-hydrogen) atoms. The molecule has 0 aliphatic carbocycles. The minimum absolute atomic E-state index is 0.00667. The molecule has 0 aliphatic rings. The van der Waals surface area contributed by atoms with Crippen LogP contribution in [0.1, 0.15) is 33.6 Å². The molecule has 1 aromatic carbocycles. The van der Waals surface area contributed by atoms with Crippen molar-refractivity contribution in [3.05, 3.63) is 24.3 Å². The first kappa shape index (κ1) is 16.3. The Morgan fingerprint density at radius 2 is 1.75 bits per heavy atom. The van der Waals surface area contributed by atoms with Gasteiger partial charge in [-0.2, -0.15) is 0 Å². The second kappa shape index (κ2) is 8.46. The number of rotatable bonds is 8. The van der Waals surface area contributed by atoms with Crippen LogP contribution in [-0.4, -0.2) is 25.8 Å². The lowest BCUT2D eigenvalue weighted by molar-refractivity contribution is -0.144. The first-order chi connectivity index (χ1) is 9.60. The molecule has 2 atom stereocenters. The van der Waals surface area contributed by atoms with Crippen molar-refractivity contribution in [3.8, 4) is 11.5 Å². The number of benzene rings is 1. The average Bonchev–Trinajstić information content (AvgIpc) is 2.45. The summed E-state index contributed by atoms with van der Waals surface area (Å²) in [7, 11) is 1.63. The van der Waals surface area contributed by atoms with Gasteiger partial charge in [0.1, 0.15) is 17.6 Å². The number of carbonyl (C=O) groups excluding carboxylic acids is 1. The van der Waals surface area contributed by atoms with Gasteiger partial charge in [-0.15, -0.1) is 0 Å². The van der Waals surface area contributed by atoms with Crippen LogP contribution in [0.2, 0.25) is 0 Å². The van der Waals surface area contributed by atoms with Crippen LogP contribution in [0.5, 0.6) is 11.5 Å². The van der Waals surface area contributed by atoms with Crippen LogP contribution in [0, 0.1) is 5.92 Å². The lowest BCUT2D eigenvalue weighted by Gasteiger charge is -2.23. The van der Waals surface area contributed by atoms with E-state index in [4.69, 9.17) is 14.2 Å². The van der Waals surface area contributed by atoms with Crippen molar-refractivity contribution in [3.63, 3.8) is 0 Å². The lowest BCUT2D eigenvalue weighted by atomic mass is 9.99. The van der Waals surface area contributed by atoms with Gasteiger partial charge in [0.25, 0.3) is 0 Å². The first-order valence-electron chi connectivity index (χ1n) is 7.07. The summed E-state index contributed by atoms with van der Waals surface area (Å²) >= 11 is 0. The Morgan fingerprint density at radius 3 is 2.25 bits per heavy atom. The molecule has 4 nitrogen and oxygen atoms in total. The fourth-order valence-electron chi connectivity index (χ4n) is 2.05. The zero-order chi connectivity index (χ0) is 15.0. The van der Waals surface area contributed by atoms with Crippen LogP contribution in [0.25, 0.3) is 0 Å². The minimum atomic E-state index is -0.170. The number of methoxy groups -OCH3 is 1. The third-order valence-electron chi connectivity index (χ3n) is 3.18. The topological polar surface area (TPSA) is 44.8 Å². The van der Waals surface area contributed by atoms with E-state index in [1.807, 2.05) is 38.1 Å². The fraction of sp³-hybridized carbons (Fsp3) is 0.562. The van der Waals surface area contributed by atoms with Gasteiger partial charge in [-0.25, -0.2) is 0 Å². The monoisotopic (exact) mass is 280 g/mol. The van der Waals surface area contributed by atoms with Crippen molar-refractivity contribution < 1.29 is 19.0 Å². The molecule has 0 bridgehead atoms. The van der Waals surface area contributed by atoms with E-state index in [9.17, 15) is 4.79 Å². The Morgan fingerprint density at radius 1 is 1.15 bits per heavy atom. The summed E-state index contributed by atoms with van der Waals surface area (Å²) in [5.74, 6) is 1.52. The molecule has 1 aromatic rings. The molecule has 112 valence electrons. The van der Waals surface area contributed by atoms with Crippen molar-refractivity contribution in [2.45, 2.75) is 39.7 Å². The Bertz CT molecular complexity index is 399. The van der Waals surface area contributed by atoms with Crippen molar-refractivity contribution in [1.82, 2.24) is 0 Å². The molecule has 0 saturated carbocycles. The summed E-state index contributed by atoms with van der Waals surface area (Å²) in [4.78, 5) is 11.5. The predicted octanol–water partition coefficient (Wildman–Crippen LogP) is 3.44. The molecule has 0 aliphatic heterocycles. The number of esters is 1. The highest BCUT2D eigenvalue weighted by atomic mass is 16.5. The van der Waals surface area contributed by atoms with Gasteiger partial charge in [-0.3, -0.25) is 4.79 Å². The van der Waals surface area contributed by atoms with E-state index in [1.54, 1.807) is 7.11 Å². The zero-order valence-corrected chi connectivity index (χ0v) is 12.7. The van der Waals surface area contributed by atoms with Gasteiger partial charge in [0.05, 0.1) is 20.1 Å². The lowest BCUT2D eigenvalue weighted by Crippen LogP contribution is -2.27. The molecule has 0 heterocycles. The molecule has 1 rings (SSSR count). The zero-order valence-electron chi connectivity index (χ0n) is 12.7. The molecule has 0 saturated heterocycles. The summed E-state index contributed by atoms with van der Waals surface area (Å²) in [6, 6.07) is 7.47. The van der Waals surface area contributed by atoms with E-state index < -0.39 is 0 Å². The summed E-state index contributed by atoms with van der Waals surface area (Å²) < 4.78 is 16.0. The van der Waals surface area contributed by atoms with Crippen LogP contribution in [-0.2, 0) is 9.53 Å². The van der Waals surface area contributed by atoms with E-state index in [0.29, 0.717) is 13.0 Å². The van der Waals surface area contributed by atoms with Gasteiger partial charge in [0, 0.05) is 5.92 Å². The number of hydrogen-bond donors (Lipinski definition) is 0. The van der Waals surface area contributed by atoms with Crippen molar-refractivity contribution in [1.29, 1.82) is 0 Å². The highest BCUT2D eigenvalue weighted by Gasteiger charge is 2.21. The van der Waals surface area contributed by atoms with Gasteiger partial charge >= 0.3 is 5.97 Å². The smallest absolute Gasteiger partial charge is 0.306 e. The molecule has 0 amide bonds. The summed E-state index contributed by atoms with van der Waals surface area (Å²) in [5.41, 5.74) is 0. The number of ether oxygens (including phenoxy) is 3. The molecule has 0 N–H and O–H groups in total. The molecule has 0 aromatic heterocycles. The largest absolute Gasteiger partial charge is 0.497 e. The molecule has 0 spiro atoms. The van der Waals surface area contributed by atoms with Crippen molar-refractivity contribution in [2.24, 2.45) is 5.92 Å². The highest BCUT2D eigenvalue weighted by Crippen LogP contribution is 2.23. The number of carbonyl (C=O) groups is 1. The Hall–Kier alpha value is -1.71. The normalized spacial score (nSPS) is 13.4. The Kier molecular flexibility index (Phi) is 6.91. The first-order valence-corrected chi connectivity index (χ1v) is 7.07. The second-order valence-electron chi connectivity index (χ2n) is 4.73. The molecule has 0 fully saturated rings. The predicted molar refractivity (Wildman–Crippen MR) is 78.1 cm³/mol. The van der Waals surface area contributed by atoms with Gasteiger partial charge < -0.3 is 14.2 Å². The van der Waals surface area contributed by atoms with Gasteiger partial charge in [0.2, 0.25) is 0 Å².